The average molecular weight is 296 g/mol. The Morgan fingerprint density at radius 2 is 2.40 bits per heavy atom. The number of imidazole rings is 1. The van der Waals surface area contributed by atoms with Crippen molar-refractivity contribution in [2.75, 3.05) is 38.2 Å². The quantitative estimate of drug-likeness (QED) is 0.897. The number of aromatic nitrogens is 2. The third-order valence-corrected chi connectivity index (χ3v) is 4.72. The third-order valence-electron chi connectivity index (χ3n) is 3.88. The van der Waals surface area contributed by atoms with Crippen molar-refractivity contribution in [3.63, 3.8) is 0 Å². The minimum absolute atomic E-state index is 0.0930. The summed E-state index contributed by atoms with van der Waals surface area (Å²) >= 11 is 1.73. The van der Waals surface area contributed by atoms with Crippen LogP contribution < -0.4 is 0 Å². The summed E-state index contributed by atoms with van der Waals surface area (Å²) in [4.78, 5) is 24.4. The molecule has 0 aromatic carbocycles. The maximum atomic E-state index is 12.5. The second-order valence-electron chi connectivity index (χ2n) is 5.26. The van der Waals surface area contributed by atoms with E-state index in [-0.39, 0.29) is 17.9 Å². The fourth-order valence-corrected chi connectivity index (χ4v) is 3.39. The highest BCUT2D eigenvalue weighted by Gasteiger charge is 2.32. The highest BCUT2D eigenvalue weighted by molar-refractivity contribution is 7.98. The van der Waals surface area contributed by atoms with E-state index < -0.39 is 0 Å². The lowest BCUT2D eigenvalue weighted by atomic mass is 10.1. The van der Waals surface area contributed by atoms with E-state index in [0.29, 0.717) is 0 Å². The summed E-state index contributed by atoms with van der Waals surface area (Å²) in [5, 5.41) is 0. The highest BCUT2D eigenvalue weighted by atomic mass is 32.2. The highest BCUT2D eigenvalue weighted by Crippen LogP contribution is 2.23. The number of aromatic amines is 1. The van der Waals surface area contributed by atoms with Crippen LogP contribution in [0.15, 0.2) is 12.4 Å². The Morgan fingerprint density at radius 1 is 1.60 bits per heavy atom. The van der Waals surface area contributed by atoms with E-state index in [1.54, 1.807) is 18.0 Å². The number of nitrogens with one attached hydrogen (secondary N) is 1. The Morgan fingerprint density at radius 3 is 3.00 bits per heavy atom. The smallest absolute Gasteiger partial charge is 0.226 e. The lowest BCUT2D eigenvalue weighted by molar-refractivity contribution is -0.137. The van der Waals surface area contributed by atoms with Crippen LogP contribution in [0.4, 0.5) is 0 Å². The van der Waals surface area contributed by atoms with Crippen LogP contribution in [-0.2, 0) is 4.79 Å². The van der Waals surface area contributed by atoms with Crippen LogP contribution in [-0.4, -0.2) is 63.9 Å². The van der Waals surface area contributed by atoms with Crippen molar-refractivity contribution in [1.29, 1.82) is 0 Å². The monoisotopic (exact) mass is 296 g/mol. The van der Waals surface area contributed by atoms with Crippen molar-refractivity contribution in [2.24, 2.45) is 5.92 Å². The van der Waals surface area contributed by atoms with Gasteiger partial charge in [0.2, 0.25) is 5.91 Å². The first kappa shape index (κ1) is 15.4. The van der Waals surface area contributed by atoms with Gasteiger partial charge in [-0.15, -0.1) is 0 Å². The van der Waals surface area contributed by atoms with Crippen LogP contribution in [0.3, 0.4) is 0 Å². The van der Waals surface area contributed by atoms with Gasteiger partial charge in [-0.1, -0.05) is 13.8 Å². The predicted octanol–water partition coefficient (Wildman–Crippen LogP) is 1.61. The zero-order valence-corrected chi connectivity index (χ0v) is 13.3. The van der Waals surface area contributed by atoms with Gasteiger partial charge >= 0.3 is 0 Å². The molecule has 1 amide bonds. The van der Waals surface area contributed by atoms with Crippen molar-refractivity contribution in [1.82, 2.24) is 19.8 Å². The van der Waals surface area contributed by atoms with Crippen molar-refractivity contribution in [2.45, 2.75) is 19.9 Å². The molecule has 2 atom stereocenters. The van der Waals surface area contributed by atoms with Gasteiger partial charge in [0.15, 0.2) is 0 Å². The first-order valence-electron chi connectivity index (χ1n) is 7.18. The fourth-order valence-electron chi connectivity index (χ4n) is 2.75. The van der Waals surface area contributed by atoms with Gasteiger partial charge in [-0.3, -0.25) is 9.69 Å². The second kappa shape index (κ2) is 7.13. The van der Waals surface area contributed by atoms with Gasteiger partial charge in [-0.25, -0.2) is 4.98 Å². The Bertz CT molecular complexity index is 423. The fraction of sp³-hybridized carbons (Fsp3) is 0.714. The summed E-state index contributed by atoms with van der Waals surface area (Å²) in [6.07, 6.45) is 5.67. The van der Waals surface area contributed by atoms with Crippen LogP contribution in [0.2, 0.25) is 0 Å². The number of amides is 1. The zero-order valence-electron chi connectivity index (χ0n) is 12.5. The molecule has 2 rings (SSSR count). The number of carbonyl (C=O) groups excluding carboxylic acids is 1. The summed E-state index contributed by atoms with van der Waals surface area (Å²) < 4.78 is 0. The van der Waals surface area contributed by atoms with E-state index in [1.807, 2.05) is 24.3 Å². The molecule has 0 spiro atoms. The topological polar surface area (TPSA) is 52.2 Å². The zero-order chi connectivity index (χ0) is 14.5. The van der Waals surface area contributed by atoms with Gasteiger partial charge in [0.1, 0.15) is 5.82 Å². The number of likely N-dealkylation sites (N-methyl/N-ethyl adjacent to an activating group) is 1. The second-order valence-corrected chi connectivity index (χ2v) is 6.17. The molecule has 1 aromatic heterocycles. The summed E-state index contributed by atoms with van der Waals surface area (Å²) in [6.45, 7) is 7.63. The first-order chi connectivity index (χ1) is 9.67. The molecule has 0 radical (unpaired) electrons. The molecule has 0 aliphatic carbocycles. The molecular weight excluding hydrogens is 272 g/mol. The lowest BCUT2D eigenvalue weighted by Gasteiger charge is -2.40. The Balaban J connectivity index is 2.06. The number of nitrogens with zero attached hydrogens (tertiary/aromatic N) is 3. The van der Waals surface area contributed by atoms with Crippen molar-refractivity contribution >= 4 is 17.7 Å². The molecule has 1 aliphatic heterocycles. The van der Waals surface area contributed by atoms with E-state index in [9.17, 15) is 4.79 Å². The minimum atomic E-state index is 0.0930. The molecule has 112 valence electrons. The number of H-pyrrole nitrogens is 1. The summed E-state index contributed by atoms with van der Waals surface area (Å²) in [5.74, 6) is 2.21. The number of hydrogen-bond donors (Lipinski definition) is 1. The Labute approximate surface area is 125 Å². The molecule has 2 heterocycles. The van der Waals surface area contributed by atoms with Crippen molar-refractivity contribution in [3.05, 3.63) is 18.2 Å². The van der Waals surface area contributed by atoms with E-state index in [4.69, 9.17) is 0 Å². The van der Waals surface area contributed by atoms with Crippen LogP contribution >= 0.6 is 11.8 Å². The summed E-state index contributed by atoms with van der Waals surface area (Å²) in [6, 6.07) is 0.189. The molecule has 0 saturated carbocycles. The van der Waals surface area contributed by atoms with Crippen LogP contribution in [0.1, 0.15) is 25.7 Å². The number of hydrogen-bond acceptors (Lipinski definition) is 4. The number of carbonyl (C=O) groups is 1. The van der Waals surface area contributed by atoms with Gasteiger partial charge in [0.05, 0.1) is 6.04 Å². The normalized spacial score (nSPS) is 21.9. The molecule has 1 fully saturated rings. The number of piperazine rings is 1. The minimum Gasteiger partial charge on any atom is -0.347 e. The maximum Gasteiger partial charge on any atom is 0.226 e. The molecule has 1 aromatic rings. The summed E-state index contributed by atoms with van der Waals surface area (Å²) in [7, 11) is 0. The first-order valence-corrected chi connectivity index (χ1v) is 8.57. The molecule has 5 nitrogen and oxygen atoms in total. The number of rotatable bonds is 5. The van der Waals surface area contributed by atoms with Gasteiger partial charge in [0.25, 0.3) is 0 Å². The predicted molar refractivity (Wildman–Crippen MR) is 82.7 cm³/mol. The molecule has 6 heteroatoms. The van der Waals surface area contributed by atoms with Crippen molar-refractivity contribution < 1.29 is 4.79 Å². The molecule has 0 unspecified atom stereocenters. The van der Waals surface area contributed by atoms with Gasteiger partial charge in [-0.05, 0) is 12.8 Å². The largest absolute Gasteiger partial charge is 0.347 e. The Hall–Kier alpha value is -1.01. The van der Waals surface area contributed by atoms with Gasteiger partial charge < -0.3 is 9.88 Å². The molecule has 1 saturated heterocycles. The SMILES string of the molecule is CCN1CCN(C(=O)[C@H](C)CSC)C[C@H]1c1ncc[nH]1. The van der Waals surface area contributed by atoms with E-state index in [1.165, 1.54) is 0 Å². The molecular formula is C14H24N4OS. The van der Waals surface area contributed by atoms with E-state index in [2.05, 4.69) is 21.8 Å². The van der Waals surface area contributed by atoms with E-state index in [0.717, 1.165) is 37.8 Å². The van der Waals surface area contributed by atoms with E-state index >= 15 is 0 Å². The number of thioether (sulfide) groups is 1. The lowest BCUT2D eigenvalue weighted by Crippen LogP contribution is -2.52. The van der Waals surface area contributed by atoms with Crippen LogP contribution in [0.25, 0.3) is 0 Å². The molecule has 1 aliphatic rings. The summed E-state index contributed by atoms with van der Waals surface area (Å²) in [5.41, 5.74) is 0. The molecule has 0 bridgehead atoms. The van der Waals surface area contributed by atoms with Gasteiger partial charge in [-0.2, -0.15) is 11.8 Å². The maximum absolute atomic E-state index is 12.5. The molecule has 1 N–H and O–H groups in total. The average Bonchev–Trinajstić information content (AvgIpc) is 3.00. The van der Waals surface area contributed by atoms with Crippen molar-refractivity contribution in [3.8, 4) is 0 Å². The van der Waals surface area contributed by atoms with Gasteiger partial charge in [0, 0.05) is 43.7 Å². The van der Waals surface area contributed by atoms with Crippen LogP contribution in [0, 0.1) is 5.92 Å². The standard InChI is InChI=1S/C14H24N4OS/c1-4-17-7-8-18(14(19)11(2)10-20-3)9-12(17)13-15-5-6-16-13/h5-6,11-12H,4,7-10H2,1-3H3,(H,15,16)/t11-,12+/m1/s1. The molecule has 20 heavy (non-hydrogen) atoms. The van der Waals surface area contributed by atoms with Crippen LogP contribution in [0.5, 0.6) is 0 Å². The third kappa shape index (κ3) is 3.35. The Kier molecular flexibility index (Phi) is 5.48.